The summed E-state index contributed by atoms with van der Waals surface area (Å²) in [6, 6.07) is 0. The first kappa shape index (κ1) is 17.0. The summed E-state index contributed by atoms with van der Waals surface area (Å²) in [5.74, 6) is -1.31. The van der Waals surface area contributed by atoms with Crippen molar-refractivity contribution < 1.29 is 23.9 Å². The van der Waals surface area contributed by atoms with Crippen LogP contribution in [0.3, 0.4) is 0 Å². The van der Waals surface area contributed by atoms with Gasteiger partial charge in [-0.05, 0) is 13.8 Å². The molecule has 0 heterocycles. The summed E-state index contributed by atoms with van der Waals surface area (Å²) in [4.78, 5) is 20.3. The van der Waals surface area contributed by atoms with Crippen molar-refractivity contribution in [3.05, 3.63) is 12.2 Å². The van der Waals surface area contributed by atoms with Gasteiger partial charge in [-0.25, -0.2) is 4.79 Å². The number of hydrogen-bond acceptors (Lipinski definition) is 4. The highest BCUT2D eigenvalue weighted by Gasteiger charge is 2.04. The van der Waals surface area contributed by atoms with Crippen LogP contribution >= 0.6 is 0 Å². The number of carboxylic acid groups (broad SMARTS) is 1. The second-order valence-electron chi connectivity index (χ2n) is 4.32. The summed E-state index contributed by atoms with van der Waals surface area (Å²) in [5.41, 5.74) is 0.451. The highest BCUT2D eigenvalue weighted by Crippen LogP contribution is 1.89. The van der Waals surface area contributed by atoms with Crippen molar-refractivity contribution in [2.75, 3.05) is 34.3 Å². The number of carbonyl (C=O) groups is 2. The molecule has 0 aliphatic rings. The van der Waals surface area contributed by atoms with Gasteiger partial charge >= 0.3 is 5.97 Å². The van der Waals surface area contributed by atoms with Crippen molar-refractivity contribution in [1.82, 2.24) is 0 Å². The molecule has 94 valence electrons. The standard InChI is InChI=1S/C6H10O2.C5H11NO2/c1-4-8-6(7)5(2)3;1-6(2,3)4-5(7)8/h2,4H2,1,3H3;4H2,1-3H3. The van der Waals surface area contributed by atoms with E-state index in [0.717, 1.165) is 0 Å². The van der Waals surface area contributed by atoms with Crippen molar-refractivity contribution in [2.45, 2.75) is 13.8 Å². The zero-order valence-corrected chi connectivity index (χ0v) is 10.7. The molecule has 0 saturated carbocycles. The van der Waals surface area contributed by atoms with Crippen molar-refractivity contribution in [3.8, 4) is 0 Å². The van der Waals surface area contributed by atoms with Crippen LogP contribution in [-0.2, 0) is 14.3 Å². The van der Waals surface area contributed by atoms with Gasteiger partial charge in [0, 0.05) is 5.57 Å². The van der Waals surface area contributed by atoms with Crippen LogP contribution in [0, 0.1) is 0 Å². The predicted molar refractivity (Wildman–Crippen MR) is 59.4 cm³/mol. The van der Waals surface area contributed by atoms with Gasteiger partial charge in [0.15, 0.2) is 0 Å². The molecule has 16 heavy (non-hydrogen) atoms. The lowest BCUT2D eigenvalue weighted by Crippen LogP contribution is -2.45. The number of carbonyl (C=O) groups excluding carboxylic acids is 2. The fourth-order valence-corrected chi connectivity index (χ4v) is 0.642. The largest absolute Gasteiger partial charge is 0.544 e. The highest BCUT2D eigenvalue weighted by molar-refractivity contribution is 5.86. The third kappa shape index (κ3) is 15.1. The van der Waals surface area contributed by atoms with Crippen LogP contribution in [0.4, 0.5) is 0 Å². The first-order chi connectivity index (χ1) is 7.10. The number of likely N-dealkylation sites (N-methyl/N-ethyl adjacent to an activating group) is 1. The molecular formula is C11H21NO4. The molecule has 0 aliphatic carbocycles. The van der Waals surface area contributed by atoms with Crippen molar-refractivity contribution in [2.24, 2.45) is 0 Å². The summed E-state index contributed by atoms with van der Waals surface area (Å²) in [6.45, 7) is 7.28. The number of nitrogens with zero attached hydrogens (tertiary/aromatic N) is 1. The number of ether oxygens (including phenoxy) is 1. The molecule has 0 aromatic rings. The van der Waals surface area contributed by atoms with E-state index in [4.69, 9.17) is 0 Å². The lowest BCUT2D eigenvalue weighted by Gasteiger charge is -2.23. The first-order valence-corrected chi connectivity index (χ1v) is 4.93. The van der Waals surface area contributed by atoms with E-state index in [-0.39, 0.29) is 12.5 Å². The van der Waals surface area contributed by atoms with E-state index >= 15 is 0 Å². The van der Waals surface area contributed by atoms with Crippen LogP contribution < -0.4 is 5.11 Å². The van der Waals surface area contributed by atoms with E-state index in [1.807, 2.05) is 0 Å². The van der Waals surface area contributed by atoms with Gasteiger partial charge in [0.1, 0.15) is 6.54 Å². The van der Waals surface area contributed by atoms with Crippen LogP contribution in [0.5, 0.6) is 0 Å². The molecule has 0 aromatic carbocycles. The van der Waals surface area contributed by atoms with Crippen molar-refractivity contribution in [3.63, 3.8) is 0 Å². The Hall–Kier alpha value is -1.36. The Morgan fingerprint density at radius 3 is 1.81 bits per heavy atom. The van der Waals surface area contributed by atoms with Gasteiger partial charge in [-0.3, -0.25) is 0 Å². The highest BCUT2D eigenvalue weighted by atomic mass is 16.5. The van der Waals surface area contributed by atoms with Gasteiger partial charge < -0.3 is 19.1 Å². The molecule has 0 bridgehead atoms. The molecule has 0 saturated heterocycles. The monoisotopic (exact) mass is 231 g/mol. The smallest absolute Gasteiger partial charge is 0.333 e. The average Bonchev–Trinajstić information content (AvgIpc) is 2.00. The Morgan fingerprint density at radius 1 is 1.31 bits per heavy atom. The minimum Gasteiger partial charge on any atom is -0.544 e. The minimum absolute atomic E-state index is 0.0694. The fraction of sp³-hybridized carbons (Fsp3) is 0.636. The molecule has 0 amide bonds. The van der Waals surface area contributed by atoms with E-state index in [1.165, 1.54) is 0 Å². The normalized spacial score (nSPS) is 9.81. The third-order valence-electron chi connectivity index (χ3n) is 1.23. The van der Waals surface area contributed by atoms with Gasteiger partial charge in [0.2, 0.25) is 0 Å². The van der Waals surface area contributed by atoms with Gasteiger partial charge in [0.05, 0.1) is 33.7 Å². The fourth-order valence-electron chi connectivity index (χ4n) is 0.642. The minimum atomic E-state index is -1.00. The Balaban J connectivity index is 0. The van der Waals surface area contributed by atoms with Crippen LogP contribution in [0.15, 0.2) is 12.2 Å². The molecule has 0 unspecified atom stereocenters. The topological polar surface area (TPSA) is 66.4 Å². The van der Waals surface area contributed by atoms with Crippen LogP contribution in [-0.4, -0.2) is 50.7 Å². The molecule has 0 N–H and O–H groups in total. The summed E-state index contributed by atoms with van der Waals surface area (Å²) in [6.07, 6.45) is 0. The zero-order chi connectivity index (χ0) is 13.4. The van der Waals surface area contributed by atoms with E-state index < -0.39 is 5.97 Å². The molecule has 0 aliphatic heterocycles. The molecule has 0 aromatic heterocycles. The third-order valence-corrected chi connectivity index (χ3v) is 1.23. The summed E-state index contributed by atoms with van der Waals surface area (Å²) >= 11 is 0. The van der Waals surface area contributed by atoms with E-state index in [0.29, 0.717) is 16.7 Å². The molecule has 5 heteroatoms. The lowest BCUT2D eigenvalue weighted by atomic mass is 10.4. The number of hydrogen-bond donors (Lipinski definition) is 0. The van der Waals surface area contributed by atoms with Gasteiger partial charge in [0.25, 0.3) is 0 Å². The Labute approximate surface area is 96.9 Å². The molecule has 0 rings (SSSR count). The van der Waals surface area contributed by atoms with Gasteiger partial charge in [-0.15, -0.1) is 0 Å². The maximum absolute atomic E-state index is 10.4. The van der Waals surface area contributed by atoms with E-state index in [2.05, 4.69) is 11.3 Å². The summed E-state index contributed by atoms with van der Waals surface area (Å²) in [5, 5.41) is 9.89. The number of quaternary nitrogens is 1. The van der Waals surface area contributed by atoms with E-state index in [9.17, 15) is 14.7 Å². The van der Waals surface area contributed by atoms with Crippen LogP contribution in [0.1, 0.15) is 13.8 Å². The molecule has 0 atom stereocenters. The number of carboxylic acids is 1. The van der Waals surface area contributed by atoms with Crippen molar-refractivity contribution in [1.29, 1.82) is 0 Å². The van der Waals surface area contributed by atoms with Crippen LogP contribution in [0.2, 0.25) is 0 Å². The van der Waals surface area contributed by atoms with Gasteiger partial charge in [-0.2, -0.15) is 0 Å². The zero-order valence-electron chi connectivity index (χ0n) is 10.7. The van der Waals surface area contributed by atoms with E-state index in [1.54, 1.807) is 35.0 Å². The van der Waals surface area contributed by atoms with Crippen molar-refractivity contribution >= 4 is 11.9 Å². The number of rotatable bonds is 4. The molecular weight excluding hydrogens is 210 g/mol. The molecule has 0 spiro atoms. The maximum atomic E-state index is 10.4. The lowest BCUT2D eigenvalue weighted by molar-refractivity contribution is -0.864. The summed E-state index contributed by atoms with van der Waals surface area (Å²) in [7, 11) is 5.40. The maximum Gasteiger partial charge on any atom is 0.333 e. The number of esters is 1. The van der Waals surface area contributed by atoms with Crippen LogP contribution in [0.25, 0.3) is 0 Å². The number of aliphatic carboxylic acids is 1. The molecule has 0 fully saturated rings. The molecule has 5 nitrogen and oxygen atoms in total. The quantitative estimate of drug-likeness (QED) is 0.374. The predicted octanol–water partition coefficient (Wildman–Crippen LogP) is -0.432. The average molecular weight is 231 g/mol. The SMILES string of the molecule is C=C(C)C(=O)OCC.C[N+](C)(C)CC(=O)[O-]. The second kappa shape index (κ2) is 7.87. The first-order valence-electron chi connectivity index (χ1n) is 4.93. The van der Waals surface area contributed by atoms with Gasteiger partial charge in [-0.1, -0.05) is 6.58 Å². The molecule has 0 radical (unpaired) electrons. The Bertz CT molecular complexity index is 253. The Kier molecular flexibility index (Phi) is 8.39. The summed E-state index contributed by atoms with van der Waals surface area (Å²) < 4.78 is 4.98. The Morgan fingerprint density at radius 2 is 1.75 bits per heavy atom. The second-order valence-corrected chi connectivity index (χ2v) is 4.32.